The fraction of sp³-hybridized carbons (Fsp3) is 0.412. The molecule has 1 aromatic carbocycles. The summed E-state index contributed by atoms with van der Waals surface area (Å²) in [5.74, 6) is -0.100. The molecule has 2 heterocycles. The standard InChI is InChI=1S/C17H21N3O3S/c1-11-5-6-13(8-12(11)2)15-9-16(20-19-15)17(21)18-14-4-3-7-24(22,23)10-14/h5-6,8-9,14H,3-4,7,10H2,1-2H3,(H,18,21)(H,19,20). The van der Waals surface area contributed by atoms with Gasteiger partial charge in [-0.3, -0.25) is 9.89 Å². The molecule has 1 unspecified atom stereocenters. The van der Waals surface area contributed by atoms with Crippen molar-refractivity contribution in [1.29, 1.82) is 0 Å². The number of sulfone groups is 1. The Morgan fingerprint density at radius 1 is 1.25 bits per heavy atom. The lowest BCUT2D eigenvalue weighted by molar-refractivity contribution is 0.0933. The van der Waals surface area contributed by atoms with Crippen LogP contribution in [0.2, 0.25) is 0 Å². The second kappa shape index (κ2) is 6.39. The number of rotatable bonds is 3. The Bertz CT molecular complexity index is 871. The monoisotopic (exact) mass is 347 g/mol. The molecule has 1 aromatic heterocycles. The van der Waals surface area contributed by atoms with Gasteiger partial charge in [-0.05, 0) is 49.9 Å². The van der Waals surface area contributed by atoms with Crippen LogP contribution in [0.4, 0.5) is 0 Å². The van der Waals surface area contributed by atoms with Gasteiger partial charge in [0.25, 0.3) is 5.91 Å². The molecular weight excluding hydrogens is 326 g/mol. The van der Waals surface area contributed by atoms with E-state index in [9.17, 15) is 13.2 Å². The fourth-order valence-electron chi connectivity index (χ4n) is 2.89. The molecule has 2 N–H and O–H groups in total. The van der Waals surface area contributed by atoms with E-state index in [1.807, 2.05) is 32.0 Å². The summed E-state index contributed by atoms with van der Waals surface area (Å²) in [7, 11) is -3.05. The van der Waals surface area contributed by atoms with E-state index < -0.39 is 9.84 Å². The van der Waals surface area contributed by atoms with Gasteiger partial charge in [0.15, 0.2) is 9.84 Å². The molecule has 0 spiro atoms. The van der Waals surface area contributed by atoms with Gasteiger partial charge in [0.1, 0.15) is 5.69 Å². The molecule has 1 amide bonds. The first-order chi connectivity index (χ1) is 11.3. The average Bonchev–Trinajstić information content (AvgIpc) is 2.99. The summed E-state index contributed by atoms with van der Waals surface area (Å²) < 4.78 is 23.3. The molecule has 1 aliphatic rings. The van der Waals surface area contributed by atoms with E-state index in [4.69, 9.17) is 0 Å². The lowest BCUT2D eigenvalue weighted by Gasteiger charge is -2.22. The number of aryl methyl sites for hydroxylation is 2. The first-order valence-electron chi connectivity index (χ1n) is 7.98. The molecule has 2 aromatic rings. The highest BCUT2D eigenvalue weighted by Crippen LogP contribution is 2.21. The number of aromatic amines is 1. The Kier molecular flexibility index (Phi) is 4.45. The predicted molar refractivity (Wildman–Crippen MR) is 92.6 cm³/mol. The molecule has 1 saturated heterocycles. The van der Waals surface area contributed by atoms with Crippen molar-refractivity contribution in [3.63, 3.8) is 0 Å². The molecule has 6 nitrogen and oxygen atoms in total. The van der Waals surface area contributed by atoms with Gasteiger partial charge >= 0.3 is 0 Å². The van der Waals surface area contributed by atoms with E-state index in [0.717, 1.165) is 11.1 Å². The van der Waals surface area contributed by atoms with Gasteiger partial charge in [0.2, 0.25) is 0 Å². The minimum Gasteiger partial charge on any atom is -0.347 e. The van der Waals surface area contributed by atoms with Crippen molar-refractivity contribution in [2.24, 2.45) is 0 Å². The normalized spacial score (nSPS) is 19.8. The summed E-state index contributed by atoms with van der Waals surface area (Å²) in [6, 6.07) is 7.38. The number of aromatic nitrogens is 2. The van der Waals surface area contributed by atoms with Gasteiger partial charge < -0.3 is 5.32 Å². The Labute approximate surface area is 141 Å². The van der Waals surface area contributed by atoms with Gasteiger partial charge in [-0.1, -0.05) is 12.1 Å². The molecule has 0 radical (unpaired) electrons. The number of carbonyl (C=O) groups is 1. The molecular formula is C17H21N3O3S. The van der Waals surface area contributed by atoms with Crippen molar-refractivity contribution in [2.75, 3.05) is 11.5 Å². The zero-order chi connectivity index (χ0) is 17.3. The molecule has 24 heavy (non-hydrogen) atoms. The Hall–Kier alpha value is -2.15. The van der Waals surface area contributed by atoms with Gasteiger partial charge in [0, 0.05) is 11.6 Å². The summed E-state index contributed by atoms with van der Waals surface area (Å²) in [6.07, 6.45) is 1.27. The molecule has 7 heteroatoms. The molecule has 0 aliphatic carbocycles. The molecule has 1 atom stereocenters. The first-order valence-corrected chi connectivity index (χ1v) is 9.80. The maximum Gasteiger partial charge on any atom is 0.269 e. The molecule has 1 fully saturated rings. The third-order valence-electron chi connectivity index (χ3n) is 4.42. The lowest BCUT2D eigenvalue weighted by Crippen LogP contribution is -2.43. The van der Waals surface area contributed by atoms with E-state index in [1.165, 1.54) is 5.56 Å². The number of benzene rings is 1. The number of nitrogens with zero attached hydrogens (tertiary/aromatic N) is 1. The average molecular weight is 347 g/mol. The summed E-state index contributed by atoms with van der Waals surface area (Å²) >= 11 is 0. The predicted octanol–water partition coefficient (Wildman–Crippen LogP) is 2.00. The van der Waals surface area contributed by atoms with E-state index in [-0.39, 0.29) is 23.5 Å². The van der Waals surface area contributed by atoms with Crippen molar-refractivity contribution >= 4 is 15.7 Å². The van der Waals surface area contributed by atoms with E-state index in [0.29, 0.717) is 24.2 Å². The van der Waals surface area contributed by atoms with Crippen molar-refractivity contribution in [2.45, 2.75) is 32.7 Å². The molecule has 0 saturated carbocycles. The van der Waals surface area contributed by atoms with Crippen LogP contribution >= 0.6 is 0 Å². The Morgan fingerprint density at radius 3 is 2.75 bits per heavy atom. The van der Waals surface area contributed by atoms with Crippen LogP contribution in [-0.2, 0) is 9.84 Å². The second-order valence-corrected chi connectivity index (χ2v) is 8.62. The number of H-pyrrole nitrogens is 1. The van der Waals surface area contributed by atoms with E-state index in [2.05, 4.69) is 15.5 Å². The van der Waals surface area contributed by atoms with Crippen molar-refractivity contribution in [3.8, 4) is 11.3 Å². The van der Waals surface area contributed by atoms with Gasteiger partial charge in [-0.2, -0.15) is 5.10 Å². The Balaban J connectivity index is 1.73. The van der Waals surface area contributed by atoms with Crippen LogP contribution in [0.3, 0.4) is 0 Å². The van der Waals surface area contributed by atoms with Crippen LogP contribution < -0.4 is 5.32 Å². The summed E-state index contributed by atoms with van der Waals surface area (Å²) in [5, 5.41) is 9.72. The van der Waals surface area contributed by atoms with Crippen LogP contribution in [0.25, 0.3) is 11.3 Å². The van der Waals surface area contributed by atoms with Crippen molar-refractivity contribution in [1.82, 2.24) is 15.5 Å². The minimum absolute atomic E-state index is 0.0108. The fourth-order valence-corrected chi connectivity index (χ4v) is 4.52. The smallest absolute Gasteiger partial charge is 0.269 e. The molecule has 3 rings (SSSR count). The summed E-state index contributed by atoms with van der Waals surface area (Å²) in [6.45, 7) is 4.07. The van der Waals surface area contributed by atoms with E-state index >= 15 is 0 Å². The first kappa shape index (κ1) is 16.7. The van der Waals surface area contributed by atoms with Crippen LogP contribution in [0.15, 0.2) is 24.3 Å². The van der Waals surface area contributed by atoms with Gasteiger partial charge in [0.05, 0.1) is 17.2 Å². The highest BCUT2D eigenvalue weighted by atomic mass is 32.2. The van der Waals surface area contributed by atoms with Crippen LogP contribution in [-0.4, -0.2) is 42.1 Å². The molecule has 1 aliphatic heterocycles. The van der Waals surface area contributed by atoms with Crippen LogP contribution in [0.1, 0.15) is 34.5 Å². The maximum atomic E-state index is 12.3. The minimum atomic E-state index is -3.05. The second-order valence-electron chi connectivity index (χ2n) is 6.39. The van der Waals surface area contributed by atoms with Gasteiger partial charge in [-0.25, -0.2) is 8.42 Å². The largest absolute Gasteiger partial charge is 0.347 e. The topological polar surface area (TPSA) is 91.9 Å². The quantitative estimate of drug-likeness (QED) is 0.888. The number of hydrogen-bond donors (Lipinski definition) is 2. The number of nitrogens with one attached hydrogen (secondary N) is 2. The van der Waals surface area contributed by atoms with Crippen molar-refractivity contribution in [3.05, 3.63) is 41.1 Å². The SMILES string of the molecule is Cc1ccc(-c2cc(C(=O)NC3CCCS(=O)(=O)C3)[nH]n2)cc1C. The maximum absolute atomic E-state index is 12.3. The zero-order valence-electron chi connectivity index (χ0n) is 13.8. The molecule has 0 bridgehead atoms. The van der Waals surface area contributed by atoms with Crippen LogP contribution in [0.5, 0.6) is 0 Å². The number of hydrogen-bond acceptors (Lipinski definition) is 4. The van der Waals surface area contributed by atoms with Gasteiger partial charge in [-0.15, -0.1) is 0 Å². The summed E-state index contributed by atoms with van der Waals surface area (Å²) in [5.41, 5.74) is 4.33. The number of carbonyl (C=O) groups excluding carboxylic acids is 1. The highest BCUT2D eigenvalue weighted by molar-refractivity contribution is 7.91. The number of amides is 1. The van der Waals surface area contributed by atoms with Crippen molar-refractivity contribution < 1.29 is 13.2 Å². The third kappa shape index (κ3) is 3.67. The highest BCUT2D eigenvalue weighted by Gasteiger charge is 2.26. The molecule has 128 valence electrons. The Morgan fingerprint density at radius 2 is 2.04 bits per heavy atom. The lowest BCUT2D eigenvalue weighted by atomic mass is 10.0. The van der Waals surface area contributed by atoms with E-state index in [1.54, 1.807) is 6.07 Å². The summed E-state index contributed by atoms with van der Waals surface area (Å²) in [4.78, 5) is 12.3. The zero-order valence-corrected chi connectivity index (χ0v) is 14.6. The van der Waals surface area contributed by atoms with Crippen LogP contribution in [0, 0.1) is 13.8 Å². The third-order valence-corrected chi connectivity index (χ3v) is 6.24.